The van der Waals surface area contributed by atoms with Crippen LogP contribution in [0.15, 0.2) is 0 Å². The standard InChI is InChI=1S/C9H19BrO3/c1-2-3-4-9(5-10)13-7-8(12)6-11/h8-9,11-12H,2-7H2,1H3. The minimum absolute atomic E-state index is 0.154. The summed E-state index contributed by atoms with van der Waals surface area (Å²) in [6.45, 7) is 2.12. The number of unbranched alkanes of at least 4 members (excludes halogenated alkanes) is 1. The third kappa shape index (κ3) is 7.43. The van der Waals surface area contributed by atoms with E-state index in [9.17, 15) is 0 Å². The highest BCUT2D eigenvalue weighted by atomic mass is 79.9. The Morgan fingerprint density at radius 1 is 1.46 bits per heavy atom. The van der Waals surface area contributed by atoms with Crippen molar-refractivity contribution in [3.63, 3.8) is 0 Å². The summed E-state index contributed by atoms with van der Waals surface area (Å²) in [5.41, 5.74) is 0. The molecule has 0 aliphatic carbocycles. The minimum Gasteiger partial charge on any atom is -0.394 e. The normalized spacial score (nSPS) is 15.7. The first-order valence-electron chi connectivity index (χ1n) is 4.71. The molecule has 13 heavy (non-hydrogen) atoms. The van der Waals surface area contributed by atoms with Crippen LogP contribution >= 0.6 is 15.9 Å². The Morgan fingerprint density at radius 3 is 2.62 bits per heavy atom. The third-order valence-electron chi connectivity index (χ3n) is 1.79. The van der Waals surface area contributed by atoms with Crippen molar-refractivity contribution in [2.75, 3.05) is 18.5 Å². The van der Waals surface area contributed by atoms with Crippen LogP contribution in [0, 0.1) is 0 Å². The second-order valence-corrected chi connectivity index (χ2v) is 3.74. The monoisotopic (exact) mass is 254 g/mol. The van der Waals surface area contributed by atoms with Gasteiger partial charge in [-0.3, -0.25) is 0 Å². The molecule has 0 aromatic rings. The maximum absolute atomic E-state index is 9.04. The van der Waals surface area contributed by atoms with Gasteiger partial charge in [0.25, 0.3) is 0 Å². The van der Waals surface area contributed by atoms with Crippen molar-refractivity contribution < 1.29 is 14.9 Å². The number of halogens is 1. The molecule has 4 heteroatoms. The molecule has 0 aromatic heterocycles. The van der Waals surface area contributed by atoms with Crippen molar-refractivity contribution in [2.24, 2.45) is 0 Å². The minimum atomic E-state index is -0.747. The van der Waals surface area contributed by atoms with E-state index in [0.717, 1.165) is 24.6 Å². The van der Waals surface area contributed by atoms with Crippen molar-refractivity contribution >= 4 is 15.9 Å². The largest absolute Gasteiger partial charge is 0.394 e. The van der Waals surface area contributed by atoms with Crippen LogP contribution in [0.1, 0.15) is 26.2 Å². The second-order valence-electron chi connectivity index (χ2n) is 3.09. The molecule has 0 radical (unpaired) electrons. The second kappa shape index (κ2) is 8.94. The molecule has 0 amide bonds. The zero-order valence-corrected chi connectivity index (χ0v) is 9.66. The van der Waals surface area contributed by atoms with E-state index in [0.29, 0.717) is 0 Å². The number of alkyl halides is 1. The van der Waals surface area contributed by atoms with Gasteiger partial charge in [0.2, 0.25) is 0 Å². The quantitative estimate of drug-likeness (QED) is 0.643. The molecule has 80 valence electrons. The topological polar surface area (TPSA) is 49.7 Å². The van der Waals surface area contributed by atoms with Gasteiger partial charge in [-0.05, 0) is 6.42 Å². The van der Waals surface area contributed by atoms with Gasteiger partial charge < -0.3 is 14.9 Å². The molecule has 0 aromatic carbocycles. The zero-order chi connectivity index (χ0) is 10.1. The van der Waals surface area contributed by atoms with Gasteiger partial charge in [0.15, 0.2) is 0 Å². The average molecular weight is 255 g/mol. The molecule has 0 fully saturated rings. The van der Waals surface area contributed by atoms with Gasteiger partial charge in [0, 0.05) is 5.33 Å². The van der Waals surface area contributed by atoms with Crippen LogP contribution in [0.5, 0.6) is 0 Å². The first kappa shape index (κ1) is 13.4. The van der Waals surface area contributed by atoms with Crippen molar-refractivity contribution in [1.29, 1.82) is 0 Å². The Kier molecular flexibility index (Phi) is 9.18. The molecule has 0 saturated carbocycles. The molecule has 0 heterocycles. The Morgan fingerprint density at radius 2 is 2.15 bits per heavy atom. The molecule has 0 saturated heterocycles. The predicted molar refractivity (Wildman–Crippen MR) is 56.2 cm³/mol. The Hall–Kier alpha value is 0.360. The number of hydrogen-bond acceptors (Lipinski definition) is 3. The van der Waals surface area contributed by atoms with Crippen LogP contribution < -0.4 is 0 Å². The molecule has 0 spiro atoms. The highest BCUT2D eigenvalue weighted by molar-refractivity contribution is 9.09. The van der Waals surface area contributed by atoms with Gasteiger partial charge in [0.1, 0.15) is 6.10 Å². The first-order valence-corrected chi connectivity index (χ1v) is 5.83. The van der Waals surface area contributed by atoms with Crippen LogP contribution in [-0.2, 0) is 4.74 Å². The van der Waals surface area contributed by atoms with Gasteiger partial charge in [0.05, 0.1) is 19.3 Å². The molecule has 3 nitrogen and oxygen atoms in total. The zero-order valence-electron chi connectivity index (χ0n) is 8.08. The van der Waals surface area contributed by atoms with Gasteiger partial charge in [-0.25, -0.2) is 0 Å². The van der Waals surface area contributed by atoms with E-state index < -0.39 is 6.10 Å². The fourth-order valence-corrected chi connectivity index (χ4v) is 1.45. The van der Waals surface area contributed by atoms with E-state index in [2.05, 4.69) is 22.9 Å². The highest BCUT2D eigenvalue weighted by Crippen LogP contribution is 2.08. The number of aliphatic hydroxyl groups excluding tert-OH is 2. The molecule has 0 aliphatic rings. The summed E-state index contributed by atoms with van der Waals surface area (Å²) in [7, 11) is 0. The van der Waals surface area contributed by atoms with Crippen molar-refractivity contribution in [3.8, 4) is 0 Å². The van der Waals surface area contributed by atoms with Crippen LogP contribution in [0.3, 0.4) is 0 Å². The van der Waals surface area contributed by atoms with Crippen LogP contribution in [-0.4, -0.2) is 41.0 Å². The molecule has 0 rings (SSSR count). The Bertz CT molecular complexity index is 111. The summed E-state index contributed by atoms with van der Waals surface area (Å²) in [6.07, 6.45) is 2.69. The molecule has 0 aliphatic heterocycles. The summed E-state index contributed by atoms with van der Waals surface area (Å²) in [6, 6.07) is 0. The Balaban J connectivity index is 3.46. The lowest BCUT2D eigenvalue weighted by Crippen LogP contribution is -2.25. The predicted octanol–water partition coefficient (Wildman–Crippen LogP) is 1.31. The molecule has 2 N–H and O–H groups in total. The van der Waals surface area contributed by atoms with Crippen LogP contribution in [0.4, 0.5) is 0 Å². The maximum atomic E-state index is 9.04. The lowest BCUT2D eigenvalue weighted by Gasteiger charge is -2.16. The maximum Gasteiger partial charge on any atom is 0.100 e. The SMILES string of the molecule is CCCCC(CBr)OCC(O)CO. The molecule has 0 bridgehead atoms. The van der Waals surface area contributed by atoms with E-state index in [4.69, 9.17) is 14.9 Å². The number of hydrogen-bond donors (Lipinski definition) is 2. The lowest BCUT2D eigenvalue weighted by molar-refractivity contribution is -0.0233. The van der Waals surface area contributed by atoms with E-state index in [-0.39, 0.29) is 19.3 Å². The fourth-order valence-electron chi connectivity index (χ4n) is 0.937. The van der Waals surface area contributed by atoms with E-state index in [1.54, 1.807) is 0 Å². The summed E-state index contributed by atoms with van der Waals surface area (Å²) in [5, 5.41) is 18.4. The van der Waals surface area contributed by atoms with E-state index >= 15 is 0 Å². The number of rotatable bonds is 8. The summed E-state index contributed by atoms with van der Waals surface area (Å²) < 4.78 is 5.39. The number of ether oxygens (including phenoxy) is 1. The van der Waals surface area contributed by atoms with Crippen molar-refractivity contribution in [2.45, 2.75) is 38.4 Å². The van der Waals surface area contributed by atoms with Crippen LogP contribution in [0.2, 0.25) is 0 Å². The van der Waals surface area contributed by atoms with Crippen LogP contribution in [0.25, 0.3) is 0 Å². The molecule has 2 unspecified atom stereocenters. The average Bonchev–Trinajstić information content (AvgIpc) is 2.17. The molecular weight excluding hydrogens is 236 g/mol. The van der Waals surface area contributed by atoms with Crippen molar-refractivity contribution in [1.82, 2.24) is 0 Å². The van der Waals surface area contributed by atoms with Crippen molar-refractivity contribution in [3.05, 3.63) is 0 Å². The van der Waals surface area contributed by atoms with Gasteiger partial charge in [-0.2, -0.15) is 0 Å². The third-order valence-corrected chi connectivity index (χ3v) is 2.51. The molecule has 2 atom stereocenters. The fraction of sp³-hybridized carbons (Fsp3) is 1.00. The van der Waals surface area contributed by atoms with Gasteiger partial charge in [-0.15, -0.1) is 0 Å². The number of aliphatic hydroxyl groups is 2. The first-order chi connectivity index (χ1) is 6.24. The Labute approximate surface area is 88.2 Å². The smallest absolute Gasteiger partial charge is 0.100 e. The van der Waals surface area contributed by atoms with E-state index in [1.807, 2.05) is 0 Å². The molecular formula is C9H19BrO3. The van der Waals surface area contributed by atoms with E-state index in [1.165, 1.54) is 0 Å². The summed E-state index contributed by atoms with van der Waals surface area (Å²) in [4.78, 5) is 0. The van der Waals surface area contributed by atoms with Gasteiger partial charge >= 0.3 is 0 Å². The summed E-state index contributed by atoms with van der Waals surface area (Å²) in [5.74, 6) is 0. The van der Waals surface area contributed by atoms with Gasteiger partial charge in [-0.1, -0.05) is 35.7 Å². The summed E-state index contributed by atoms with van der Waals surface area (Å²) >= 11 is 3.35. The lowest BCUT2D eigenvalue weighted by atomic mass is 10.2. The highest BCUT2D eigenvalue weighted by Gasteiger charge is 2.09.